The van der Waals surface area contributed by atoms with Gasteiger partial charge in [0.25, 0.3) is 5.56 Å². The minimum Gasteiger partial charge on any atom is -0.369 e. The van der Waals surface area contributed by atoms with Crippen LogP contribution in [-0.2, 0) is 17.6 Å². The topological polar surface area (TPSA) is 92.1 Å². The predicted molar refractivity (Wildman–Crippen MR) is 101 cm³/mol. The average Bonchev–Trinajstić information content (AvgIpc) is 2.89. The van der Waals surface area contributed by atoms with E-state index in [1.54, 1.807) is 11.3 Å². The highest BCUT2D eigenvalue weighted by Crippen LogP contribution is 2.36. The van der Waals surface area contributed by atoms with Crippen LogP contribution in [0.5, 0.6) is 0 Å². The van der Waals surface area contributed by atoms with Crippen LogP contribution in [0.1, 0.15) is 56.4 Å². The molecule has 6 nitrogen and oxygen atoms in total. The van der Waals surface area contributed by atoms with Gasteiger partial charge in [-0.05, 0) is 51.5 Å². The molecule has 2 aromatic heterocycles. The van der Waals surface area contributed by atoms with Gasteiger partial charge in [0.15, 0.2) is 0 Å². The maximum absolute atomic E-state index is 12.7. The highest BCUT2D eigenvalue weighted by atomic mass is 32.1. The summed E-state index contributed by atoms with van der Waals surface area (Å²) in [6.45, 7) is 8.34. The molecule has 2 heterocycles. The number of nitrogens with one attached hydrogen (secondary N) is 1. The van der Waals surface area contributed by atoms with Gasteiger partial charge >= 0.3 is 0 Å². The first-order chi connectivity index (χ1) is 11.8. The highest BCUT2D eigenvalue weighted by Gasteiger charge is 2.26. The van der Waals surface area contributed by atoms with Gasteiger partial charge in [0.05, 0.1) is 18.0 Å². The Hall–Kier alpha value is -1.73. The first-order valence-corrected chi connectivity index (χ1v) is 9.68. The molecule has 136 valence electrons. The molecule has 2 aromatic rings. The lowest BCUT2D eigenvalue weighted by atomic mass is 9.89. The van der Waals surface area contributed by atoms with Crippen molar-refractivity contribution in [3.05, 3.63) is 26.6 Å². The minimum absolute atomic E-state index is 0.0679. The Morgan fingerprint density at radius 3 is 2.80 bits per heavy atom. The van der Waals surface area contributed by atoms with Gasteiger partial charge in [-0.15, -0.1) is 11.3 Å². The zero-order valence-electron chi connectivity index (χ0n) is 15.3. The summed E-state index contributed by atoms with van der Waals surface area (Å²) in [6.07, 6.45) is 3.10. The summed E-state index contributed by atoms with van der Waals surface area (Å²) in [4.78, 5) is 35.9. The summed E-state index contributed by atoms with van der Waals surface area (Å²) in [5.74, 6) is 0.869. The van der Waals surface area contributed by atoms with Crippen LogP contribution in [0.4, 0.5) is 0 Å². The van der Waals surface area contributed by atoms with E-state index in [1.807, 2.05) is 25.7 Å². The number of nitrogens with two attached hydrogens (primary N) is 1. The van der Waals surface area contributed by atoms with Crippen LogP contribution in [0.25, 0.3) is 10.2 Å². The number of aromatic amines is 1. The molecule has 7 heteroatoms. The molecule has 3 rings (SSSR count). The van der Waals surface area contributed by atoms with Crippen LogP contribution in [0.2, 0.25) is 0 Å². The number of carbonyl (C=O) groups excluding carboxylic acids is 1. The number of nitrogens with zero attached hydrogens (tertiary/aromatic N) is 2. The fourth-order valence-electron chi connectivity index (χ4n) is 3.67. The Morgan fingerprint density at radius 2 is 2.16 bits per heavy atom. The minimum atomic E-state index is -0.385. The lowest BCUT2D eigenvalue weighted by molar-refractivity contribution is -0.120. The first-order valence-electron chi connectivity index (χ1n) is 8.86. The molecule has 0 aromatic carbocycles. The smallest absolute Gasteiger partial charge is 0.259 e. The van der Waals surface area contributed by atoms with Crippen molar-refractivity contribution in [1.82, 2.24) is 14.9 Å². The third kappa shape index (κ3) is 3.48. The Balaban J connectivity index is 2.03. The van der Waals surface area contributed by atoms with E-state index in [-0.39, 0.29) is 30.1 Å². The maximum Gasteiger partial charge on any atom is 0.259 e. The monoisotopic (exact) mass is 362 g/mol. The normalized spacial score (nSPS) is 18.7. The molecule has 0 saturated carbocycles. The van der Waals surface area contributed by atoms with E-state index in [1.165, 1.54) is 10.4 Å². The fraction of sp³-hybridized carbons (Fsp3) is 0.611. The molecule has 25 heavy (non-hydrogen) atoms. The van der Waals surface area contributed by atoms with Crippen LogP contribution in [0.15, 0.2) is 4.79 Å². The van der Waals surface area contributed by atoms with E-state index < -0.39 is 0 Å². The van der Waals surface area contributed by atoms with Crippen molar-refractivity contribution in [2.24, 2.45) is 11.7 Å². The zero-order valence-corrected chi connectivity index (χ0v) is 16.1. The number of carbonyl (C=O) groups is 1. The fourth-order valence-corrected chi connectivity index (χ4v) is 5.06. The van der Waals surface area contributed by atoms with Gasteiger partial charge in [0, 0.05) is 10.9 Å². The Labute approximate surface area is 151 Å². The number of aromatic nitrogens is 2. The van der Waals surface area contributed by atoms with Gasteiger partial charge in [-0.2, -0.15) is 0 Å². The quantitative estimate of drug-likeness (QED) is 0.854. The third-order valence-corrected chi connectivity index (χ3v) is 6.23. The highest BCUT2D eigenvalue weighted by molar-refractivity contribution is 7.18. The van der Waals surface area contributed by atoms with Crippen molar-refractivity contribution >= 4 is 27.5 Å². The first kappa shape index (κ1) is 18.1. The third-order valence-electron chi connectivity index (χ3n) is 5.08. The second-order valence-electron chi connectivity index (χ2n) is 7.39. The van der Waals surface area contributed by atoms with Crippen LogP contribution in [0, 0.1) is 5.92 Å². The van der Waals surface area contributed by atoms with E-state index in [0.29, 0.717) is 11.7 Å². The number of aryl methyl sites for hydroxylation is 1. The summed E-state index contributed by atoms with van der Waals surface area (Å²) in [5.41, 5.74) is 6.49. The summed E-state index contributed by atoms with van der Waals surface area (Å²) >= 11 is 1.64. The largest absolute Gasteiger partial charge is 0.369 e. The van der Waals surface area contributed by atoms with Crippen molar-refractivity contribution < 1.29 is 4.79 Å². The van der Waals surface area contributed by atoms with Gasteiger partial charge in [-0.1, -0.05) is 6.92 Å². The van der Waals surface area contributed by atoms with Gasteiger partial charge < -0.3 is 10.7 Å². The van der Waals surface area contributed by atoms with Gasteiger partial charge in [0.1, 0.15) is 10.7 Å². The van der Waals surface area contributed by atoms with Gasteiger partial charge in [0.2, 0.25) is 5.91 Å². The molecule has 2 atom stereocenters. The van der Waals surface area contributed by atoms with Crippen molar-refractivity contribution in [1.29, 1.82) is 0 Å². The molecule has 0 fully saturated rings. The number of rotatable bonds is 5. The predicted octanol–water partition coefficient (Wildman–Crippen LogP) is 2.37. The van der Waals surface area contributed by atoms with Crippen LogP contribution < -0.4 is 11.3 Å². The number of fused-ring (bicyclic) bond motifs is 3. The van der Waals surface area contributed by atoms with Gasteiger partial charge in [-0.25, -0.2) is 4.98 Å². The molecule has 0 radical (unpaired) electrons. The summed E-state index contributed by atoms with van der Waals surface area (Å²) in [5, 5.41) is 0.758. The van der Waals surface area contributed by atoms with E-state index in [9.17, 15) is 9.59 Å². The zero-order chi connectivity index (χ0) is 18.3. The number of H-pyrrole nitrogens is 1. The molecule has 1 amide bonds. The molecular weight excluding hydrogens is 336 g/mol. The number of hydrogen-bond donors (Lipinski definition) is 2. The standard InChI is InChI=1S/C18H26N4O2S/c1-9(2)22(8-14(19)23)11(4)16-20-17(24)15-12-6-5-10(3)7-13(12)25-18(15)21-16/h9-11H,5-8H2,1-4H3,(H2,19,23)(H,20,21,24). The number of amides is 1. The molecule has 0 bridgehead atoms. The van der Waals surface area contributed by atoms with Crippen molar-refractivity contribution in [3.63, 3.8) is 0 Å². The second-order valence-corrected chi connectivity index (χ2v) is 8.48. The van der Waals surface area contributed by atoms with Crippen molar-refractivity contribution in [3.8, 4) is 0 Å². The summed E-state index contributed by atoms with van der Waals surface area (Å²) in [7, 11) is 0. The van der Waals surface area contributed by atoms with E-state index in [0.717, 1.165) is 29.5 Å². The maximum atomic E-state index is 12.7. The van der Waals surface area contributed by atoms with Crippen molar-refractivity contribution in [2.75, 3.05) is 6.54 Å². The molecule has 0 spiro atoms. The number of primary amides is 1. The lowest BCUT2D eigenvalue weighted by Crippen LogP contribution is -2.41. The molecule has 1 aliphatic rings. The van der Waals surface area contributed by atoms with Crippen molar-refractivity contribution in [2.45, 2.75) is 59.0 Å². The van der Waals surface area contributed by atoms with Gasteiger partial charge in [-0.3, -0.25) is 14.5 Å². The Kier molecular flexibility index (Phi) is 4.97. The average molecular weight is 362 g/mol. The van der Waals surface area contributed by atoms with Crippen LogP contribution in [0.3, 0.4) is 0 Å². The summed E-state index contributed by atoms with van der Waals surface area (Å²) in [6, 6.07) is -0.0801. The number of thiophene rings is 1. The van der Waals surface area contributed by atoms with E-state index in [2.05, 4.69) is 11.9 Å². The number of hydrogen-bond acceptors (Lipinski definition) is 5. The molecule has 3 N–H and O–H groups in total. The molecule has 0 aliphatic heterocycles. The SMILES string of the molecule is CC1CCc2c(sc3nc(C(C)N(CC(N)=O)C(C)C)[nH]c(=O)c23)C1. The van der Waals surface area contributed by atoms with Crippen LogP contribution in [-0.4, -0.2) is 33.4 Å². The second kappa shape index (κ2) is 6.88. The molecule has 2 unspecified atom stereocenters. The Bertz CT molecular complexity index is 855. The molecule has 0 saturated heterocycles. The lowest BCUT2D eigenvalue weighted by Gasteiger charge is -2.30. The molecular formula is C18H26N4O2S. The summed E-state index contributed by atoms with van der Waals surface area (Å²) < 4.78 is 0. The van der Waals surface area contributed by atoms with E-state index in [4.69, 9.17) is 10.7 Å². The molecule has 1 aliphatic carbocycles. The van der Waals surface area contributed by atoms with E-state index >= 15 is 0 Å². The van der Waals surface area contributed by atoms with Crippen LogP contribution >= 0.6 is 11.3 Å². The Morgan fingerprint density at radius 1 is 1.44 bits per heavy atom.